The Morgan fingerprint density at radius 1 is 0.632 bits per heavy atom. The Labute approximate surface area is 123 Å². The number of ether oxygens (including phenoxy) is 3. The lowest BCUT2D eigenvalue weighted by Gasteiger charge is -2.06. The van der Waals surface area contributed by atoms with Crippen LogP contribution in [0.1, 0.15) is 25.7 Å². The van der Waals surface area contributed by atoms with Crippen molar-refractivity contribution in [3.63, 3.8) is 0 Å². The highest BCUT2D eigenvalue weighted by molar-refractivity contribution is 6.63. The Morgan fingerprint density at radius 2 is 0.947 bits per heavy atom. The van der Waals surface area contributed by atoms with Crippen molar-refractivity contribution in [3.8, 4) is 0 Å². The van der Waals surface area contributed by atoms with E-state index in [0.29, 0.717) is 65.3 Å². The highest BCUT2D eigenvalue weighted by atomic mass is 35.5. The molecule has 112 valence electrons. The third-order valence-corrected chi connectivity index (χ3v) is 2.45. The topological polar surface area (TPSA) is 61.8 Å². The first-order valence-corrected chi connectivity index (χ1v) is 6.98. The Morgan fingerprint density at radius 3 is 1.26 bits per heavy atom. The van der Waals surface area contributed by atoms with Crippen LogP contribution < -0.4 is 0 Å². The van der Waals surface area contributed by atoms with Crippen LogP contribution in [0.25, 0.3) is 0 Å². The van der Waals surface area contributed by atoms with Gasteiger partial charge in [-0.05, 0) is 36.0 Å². The lowest BCUT2D eigenvalue weighted by molar-refractivity contribution is -0.112. The first kappa shape index (κ1) is 18.8. The molecule has 0 bridgehead atoms. The number of hydrogen-bond acceptors (Lipinski definition) is 5. The Kier molecular flexibility index (Phi) is 14.1. The molecule has 0 heterocycles. The second kappa shape index (κ2) is 14.2. The SMILES string of the molecule is O=C(Cl)CCCOCCOCCOCCCC(=O)Cl. The van der Waals surface area contributed by atoms with Gasteiger partial charge in [0, 0.05) is 26.1 Å². The van der Waals surface area contributed by atoms with E-state index in [2.05, 4.69) is 0 Å². The summed E-state index contributed by atoms with van der Waals surface area (Å²) in [7, 11) is 0. The molecule has 0 unspecified atom stereocenters. The third kappa shape index (κ3) is 17.8. The summed E-state index contributed by atoms with van der Waals surface area (Å²) in [5.41, 5.74) is 0. The minimum Gasteiger partial charge on any atom is -0.379 e. The zero-order chi connectivity index (χ0) is 14.3. The average molecular weight is 315 g/mol. The Hall–Kier alpha value is -0.200. The first-order valence-electron chi connectivity index (χ1n) is 6.23. The molecule has 0 aromatic carbocycles. The summed E-state index contributed by atoms with van der Waals surface area (Å²) in [6.07, 6.45) is 1.93. The van der Waals surface area contributed by atoms with Gasteiger partial charge in [-0.1, -0.05) is 0 Å². The van der Waals surface area contributed by atoms with Gasteiger partial charge in [0.05, 0.1) is 26.4 Å². The van der Waals surface area contributed by atoms with E-state index in [1.807, 2.05) is 0 Å². The van der Waals surface area contributed by atoms with Crippen molar-refractivity contribution in [1.82, 2.24) is 0 Å². The summed E-state index contributed by atoms with van der Waals surface area (Å²) >= 11 is 10.3. The van der Waals surface area contributed by atoms with Gasteiger partial charge in [0.15, 0.2) is 0 Å². The van der Waals surface area contributed by atoms with Crippen LogP contribution in [0.3, 0.4) is 0 Å². The van der Waals surface area contributed by atoms with Crippen molar-refractivity contribution in [2.24, 2.45) is 0 Å². The molecule has 0 aliphatic carbocycles. The Balaban J connectivity index is 2.99. The van der Waals surface area contributed by atoms with Crippen LogP contribution in [0, 0.1) is 0 Å². The van der Waals surface area contributed by atoms with Crippen molar-refractivity contribution in [2.75, 3.05) is 39.6 Å². The molecule has 0 atom stereocenters. The highest BCUT2D eigenvalue weighted by Gasteiger charge is 1.97. The van der Waals surface area contributed by atoms with Gasteiger partial charge in [0.2, 0.25) is 10.5 Å². The van der Waals surface area contributed by atoms with Crippen molar-refractivity contribution < 1.29 is 23.8 Å². The fourth-order valence-corrected chi connectivity index (χ4v) is 1.44. The molecule has 0 spiro atoms. The molecule has 0 aromatic rings. The van der Waals surface area contributed by atoms with Crippen LogP contribution in [0.5, 0.6) is 0 Å². The van der Waals surface area contributed by atoms with E-state index in [4.69, 9.17) is 37.4 Å². The van der Waals surface area contributed by atoms with Crippen LogP contribution in [-0.4, -0.2) is 50.1 Å². The number of halogens is 2. The number of hydrogen-bond donors (Lipinski definition) is 0. The van der Waals surface area contributed by atoms with E-state index >= 15 is 0 Å². The molecule has 7 heteroatoms. The van der Waals surface area contributed by atoms with Gasteiger partial charge in [-0.25, -0.2) is 0 Å². The van der Waals surface area contributed by atoms with E-state index in [9.17, 15) is 9.59 Å². The number of carbonyl (C=O) groups is 2. The molecule has 0 aliphatic heterocycles. The molecule has 0 aromatic heterocycles. The normalized spacial score (nSPS) is 10.6. The summed E-state index contributed by atoms with van der Waals surface area (Å²) in [6.45, 7) is 2.95. The maximum absolute atomic E-state index is 10.4. The zero-order valence-electron chi connectivity index (χ0n) is 10.9. The number of rotatable bonds is 14. The van der Waals surface area contributed by atoms with E-state index in [1.165, 1.54) is 0 Å². The molecule has 0 N–H and O–H groups in total. The largest absolute Gasteiger partial charge is 0.379 e. The van der Waals surface area contributed by atoms with Crippen LogP contribution in [0.2, 0.25) is 0 Å². The second-order valence-electron chi connectivity index (χ2n) is 3.75. The Bertz CT molecular complexity index is 224. The van der Waals surface area contributed by atoms with Gasteiger partial charge < -0.3 is 14.2 Å². The summed E-state index contributed by atoms with van der Waals surface area (Å²) < 4.78 is 15.7. The van der Waals surface area contributed by atoms with E-state index in [1.54, 1.807) is 0 Å². The smallest absolute Gasteiger partial charge is 0.221 e. The molecule has 0 radical (unpaired) electrons. The minimum atomic E-state index is -0.340. The lowest BCUT2D eigenvalue weighted by atomic mass is 10.3. The van der Waals surface area contributed by atoms with E-state index in [0.717, 1.165) is 0 Å². The second-order valence-corrected chi connectivity index (χ2v) is 4.60. The maximum atomic E-state index is 10.4. The number of carbonyl (C=O) groups excluding carboxylic acids is 2. The van der Waals surface area contributed by atoms with Crippen molar-refractivity contribution in [2.45, 2.75) is 25.7 Å². The van der Waals surface area contributed by atoms with Gasteiger partial charge in [-0.2, -0.15) is 0 Å². The average Bonchev–Trinajstić information content (AvgIpc) is 2.34. The van der Waals surface area contributed by atoms with Crippen LogP contribution >= 0.6 is 23.2 Å². The fraction of sp³-hybridized carbons (Fsp3) is 0.833. The molecule has 0 fully saturated rings. The maximum Gasteiger partial charge on any atom is 0.221 e. The van der Waals surface area contributed by atoms with E-state index in [-0.39, 0.29) is 10.5 Å². The minimum absolute atomic E-state index is 0.334. The van der Waals surface area contributed by atoms with Crippen LogP contribution in [-0.2, 0) is 23.8 Å². The monoisotopic (exact) mass is 314 g/mol. The predicted molar refractivity (Wildman–Crippen MR) is 72.6 cm³/mol. The first-order chi connectivity index (χ1) is 9.13. The standard InChI is InChI=1S/C12H20Cl2O5/c13-11(15)3-1-5-17-7-9-19-10-8-18-6-2-4-12(14)16/h1-10H2. The molecule has 0 rings (SSSR count). The summed E-state index contributed by atoms with van der Waals surface area (Å²) in [5.74, 6) is 0. The van der Waals surface area contributed by atoms with Gasteiger partial charge in [0.25, 0.3) is 0 Å². The fourth-order valence-electron chi connectivity index (χ4n) is 1.17. The molecule has 19 heavy (non-hydrogen) atoms. The molecular formula is C12H20Cl2O5. The molecule has 0 aliphatic rings. The van der Waals surface area contributed by atoms with Crippen LogP contribution in [0.4, 0.5) is 0 Å². The van der Waals surface area contributed by atoms with E-state index < -0.39 is 0 Å². The third-order valence-electron chi connectivity index (χ3n) is 2.07. The molecular weight excluding hydrogens is 295 g/mol. The summed E-state index contributed by atoms with van der Waals surface area (Å²) in [6, 6.07) is 0. The van der Waals surface area contributed by atoms with Gasteiger partial charge in [0.1, 0.15) is 0 Å². The highest BCUT2D eigenvalue weighted by Crippen LogP contribution is 1.96. The van der Waals surface area contributed by atoms with Gasteiger partial charge in [-0.15, -0.1) is 0 Å². The van der Waals surface area contributed by atoms with Crippen LogP contribution in [0.15, 0.2) is 0 Å². The van der Waals surface area contributed by atoms with Crippen molar-refractivity contribution in [3.05, 3.63) is 0 Å². The zero-order valence-corrected chi connectivity index (χ0v) is 12.4. The van der Waals surface area contributed by atoms with Crippen molar-refractivity contribution in [1.29, 1.82) is 0 Å². The predicted octanol–water partition coefficient (Wildman–Crippen LogP) is 2.13. The molecule has 5 nitrogen and oxygen atoms in total. The molecule has 0 amide bonds. The summed E-state index contributed by atoms with van der Waals surface area (Å²) in [5, 5.41) is -0.680. The van der Waals surface area contributed by atoms with Crippen molar-refractivity contribution >= 4 is 33.7 Å². The van der Waals surface area contributed by atoms with Gasteiger partial charge in [-0.3, -0.25) is 9.59 Å². The molecule has 0 saturated carbocycles. The van der Waals surface area contributed by atoms with Gasteiger partial charge >= 0.3 is 0 Å². The molecule has 0 saturated heterocycles. The summed E-state index contributed by atoms with van der Waals surface area (Å²) in [4.78, 5) is 20.8. The lowest BCUT2D eigenvalue weighted by Crippen LogP contribution is -2.10. The quantitative estimate of drug-likeness (QED) is 0.363.